The Labute approximate surface area is 156 Å². The number of thioether (sulfide) groups is 1. The normalized spacial score (nSPS) is 15.4. The molecule has 6 heteroatoms. The zero-order valence-electron chi connectivity index (χ0n) is 13.9. The molecule has 1 heterocycles. The van der Waals surface area contributed by atoms with E-state index in [-0.39, 0.29) is 5.91 Å². The Kier molecular flexibility index (Phi) is 5.40. The van der Waals surface area contributed by atoms with Crippen LogP contribution >= 0.6 is 24.0 Å². The Bertz CT molecular complexity index is 844. The third-order valence-electron chi connectivity index (χ3n) is 3.64. The number of methoxy groups -OCH3 is 1. The third kappa shape index (κ3) is 4.41. The number of aryl methyl sites for hydroxylation is 1. The van der Waals surface area contributed by atoms with Crippen LogP contribution in [0.1, 0.15) is 16.7 Å². The summed E-state index contributed by atoms with van der Waals surface area (Å²) in [5.74, 6) is 1.10. The second-order valence-corrected chi connectivity index (χ2v) is 7.26. The van der Waals surface area contributed by atoms with Gasteiger partial charge in [-0.1, -0.05) is 59.9 Å². The highest BCUT2D eigenvalue weighted by molar-refractivity contribution is 8.26. The van der Waals surface area contributed by atoms with Crippen LogP contribution in [0.2, 0.25) is 0 Å². The van der Waals surface area contributed by atoms with Gasteiger partial charge in [-0.15, -0.1) is 0 Å². The van der Waals surface area contributed by atoms with Gasteiger partial charge < -0.3 is 14.8 Å². The number of nitrogens with one attached hydrogen (secondary N) is 1. The number of hydrogen-bond donors (Lipinski definition) is 1. The minimum absolute atomic E-state index is 0.173. The summed E-state index contributed by atoms with van der Waals surface area (Å²) in [4.78, 5) is 12.3. The first kappa shape index (κ1) is 17.5. The second-order valence-electron chi connectivity index (χ2n) is 5.54. The lowest BCUT2D eigenvalue weighted by Crippen LogP contribution is -2.17. The molecule has 1 saturated heterocycles. The fraction of sp³-hybridized carbons (Fsp3) is 0.158. The Morgan fingerprint density at radius 3 is 2.56 bits per heavy atom. The van der Waals surface area contributed by atoms with Crippen molar-refractivity contribution in [3.05, 3.63) is 64.1 Å². The van der Waals surface area contributed by atoms with Gasteiger partial charge in [0, 0.05) is 0 Å². The Morgan fingerprint density at radius 1 is 1.16 bits per heavy atom. The van der Waals surface area contributed by atoms with E-state index in [1.165, 1.54) is 17.3 Å². The topological polar surface area (TPSA) is 47.6 Å². The molecule has 0 atom stereocenters. The summed E-state index contributed by atoms with van der Waals surface area (Å²) in [5.41, 5.74) is 3.15. The van der Waals surface area contributed by atoms with Crippen molar-refractivity contribution < 1.29 is 14.3 Å². The zero-order valence-corrected chi connectivity index (χ0v) is 15.5. The number of benzene rings is 2. The van der Waals surface area contributed by atoms with Gasteiger partial charge in [0.2, 0.25) is 0 Å². The minimum atomic E-state index is -0.173. The molecule has 1 aliphatic heterocycles. The maximum absolute atomic E-state index is 11.8. The largest absolute Gasteiger partial charge is 0.493 e. The van der Waals surface area contributed by atoms with Crippen LogP contribution in [0.3, 0.4) is 0 Å². The van der Waals surface area contributed by atoms with E-state index in [0.717, 1.165) is 11.1 Å². The summed E-state index contributed by atoms with van der Waals surface area (Å²) in [6.07, 6.45) is 1.78. The molecule has 0 aromatic heterocycles. The van der Waals surface area contributed by atoms with Gasteiger partial charge in [0.25, 0.3) is 5.91 Å². The SMILES string of the molecule is COc1cc(/C=C2/SC(=S)NC2=O)ccc1OCc1ccc(C)cc1. The lowest BCUT2D eigenvalue weighted by Gasteiger charge is -2.11. The molecular formula is C19H17NO3S2. The molecule has 128 valence electrons. The molecule has 0 spiro atoms. The van der Waals surface area contributed by atoms with Crippen molar-refractivity contribution in [3.8, 4) is 11.5 Å². The van der Waals surface area contributed by atoms with Crippen LogP contribution in [0.15, 0.2) is 47.4 Å². The fourth-order valence-electron chi connectivity index (χ4n) is 2.31. The standard InChI is InChI=1S/C19H17NO3S2/c1-12-3-5-13(6-4-12)11-23-15-8-7-14(9-16(15)22-2)10-17-18(21)20-19(24)25-17/h3-10H,11H2,1-2H3,(H,20,21,24)/b17-10+. The van der Waals surface area contributed by atoms with Crippen LogP contribution in [0, 0.1) is 6.92 Å². The van der Waals surface area contributed by atoms with Gasteiger partial charge in [-0.3, -0.25) is 4.79 Å². The van der Waals surface area contributed by atoms with E-state index in [1.807, 2.05) is 30.3 Å². The number of rotatable bonds is 5. The van der Waals surface area contributed by atoms with Crippen molar-refractivity contribution in [1.29, 1.82) is 0 Å². The summed E-state index contributed by atoms with van der Waals surface area (Å²) in [7, 11) is 1.59. The maximum Gasteiger partial charge on any atom is 0.263 e. The van der Waals surface area contributed by atoms with E-state index in [0.29, 0.717) is 27.3 Å². The molecule has 0 saturated carbocycles. The lowest BCUT2D eigenvalue weighted by atomic mass is 10.1. The molecule has 0 unspecified atom stereocenters. The molecule has 1 aliphatic rings. The molecule has 25 heavy (non-hydrogen) atoms. The smallest absolute Gasteiger partial charge is 0.263 e. The molecule has 3 rings (SSSR count). The molecule has 4 nitrogen and oxygen atoms in total. The molecule has 1 amide bonds. The zero-order chi connectivity index (χ0) is 17.8. The second kappa shape index (κ2) is 7.72. The van der Waals surface area contributed by atoms with Gasteiger partial charge in [0.1, 0.15) is 10.9 Å². The van der Waals surface area contributed by atoms with Crippen LogP contribution in [-0.4, -0.2) is 17.3 Å². The Balaban J connectivity index is 1.75. The quantitative estimate of drug-likeness (QED) is 0.634. The summed E-state index contributed by atoms with van der Waals surface area (Å²) >= 11 is 6.25. The minimum Gasteiger partial charge on any atom is -0.493 e. The Morgan fingerprint density at radius 2 is 1.92 bits per heavy atom. The van der Waals surface area contributed by atoms with Crippen molar-refractivity contribution in [3.63, 3.8) is 0 Å². The first-order valence-electron chi connectivity index (χ1n) is 7.66. The highest BCUT2D eigenvalue weighted by Gasteiger charge is 2.22. The molecule has 0 bridgehead atoms. The summed E-state index contributed by atoms with van der Waals surface area (Å²) in [6, 6.07) is 13.8. The number of thiocarbonyl (C=S) groups is 1. The Hall–Kier alpha value is -2.31. The van der Waals surface area contributed by atoms with Crippen LogP contribution in [0.4, 0.5) is 0 Å². The van der Waals surface area contributed by atoms with Gasteiger partial charge in [0.05, 0.1) is 12.0 Å². The van der Waals surface area contributed by atoms with Crippen molar-refractivity contribution in [1.82, 2.24) is 5.32 Å². The first-order chi connectivity index (χ1) is 12.0. The van der Waals surface area contributed by atoms with E-state index in [9.17, 15) is 4.79 Å². The van der Waals surface area contributed by atoms with E-state index >= 15 is 0 Å². The summed E-state index contributed by atoms with van der Waals surface area (Å²) in [5, 5.41) is 2.60. The highest BCUT2D eigenvalue weighted by atomic mass is 32.2. The van der Waals surface area contributed by atoms with E-state index in [2.05, 4.69) is 24.4 Å². The van der Waals surface area contributed by atoms with Crippen molar-refractivity contribution in [2.75, 3.05) is 7.11 Å². The highest BCUT2D eigenvalue weighted by Crippen LogP contribution is 2.32. The number of ether oxygens (including phenoxy) is 2. The monoisotopic (exact) mass is 371 g/mol. The molecule has 2 aromatic carbocycles. The van der Waals surface area contributed by atoms with Gasteiger partial charge in [-0.05, 0) is 36.3 Å². The van der Waals surface area contributed by atoms with Gasteiger partial charge in [0.15, 0.2) is 11.5 Å². The van der Waals surface area contributed by atoms with Crippen LogP contribution in [0.25, 0.3) is 6.08 Å². The van der Waals surface area contributed by atoms with E-state index < -0.39 is 0 Å². The molecule has 0 aliphatic carbocycles. The van der Waals surface area contributed by atoms with Gasteiger partial charge >= 0.3 is 0 Å². The first-order valence-corrected chi connectivity index (χ1v) is 8.89. The number of amides is 1. The van der Waals surface area contributed by atoms with Crippen LogP contribution in [0.5, 0.6) is 11.5 Å². The summed E-state index contributed by atoms with van der Waals surface area (Å²) in [6.45, 7) is 2.51. The average Bonchev–Trinajstić information content (AvgIpc) is 2.92. The number of hydrogen-bond acceptors (Lipinski definition) is 5. The molecule has 0 radical (unpaired) electrons. The van der Waals surface area contributed by atoms with Crippen LogP contribution in [-0.2, 0) is 11.4 Å². The van der Waals surface area contributed by atoms with Gasteiger partial charge in [-0.2, -0.15) is 0 Å². The third-order valence-corrected chi connectivity index (χ3v) is 4.81. The van der Waals surface area contributed by atoms with Crippen LogP contribution < -0.4 is 14.8 Å². The predicted molar refractivity (Wildman–Crippen MR) is 105 cm³/mol. The van der Waals surface area contributed by atoms with Crippen molar-refractivity contribution in [2.45, 2.75) is 13.5 Å². The molecule has 1 N–H and O–H groups in total. The van der Waals surface area contributed by atoms with Gasteiger partial charge in [-0.25, -0.2) is 0 Å². The maximum atomic E-state index is 11.8. The number of carbonyl (C=O) groups is 1. The molecule has 1 fully saturated rings. The average molecular weight is 371 g/mol. The molecule has 2 aromatic rings. The van der Waals surface area contributed by atoms with E-state index in [1.54, 1.807) is 13.2 Å². The lowest BCUT2D eigenvalue weighted by molar-refractivity contribution is -0.115. The van der Waals surface area contributed by atoms with Crippen molar-refractivity contribution >= 4 is 40.3 Å². The van der Waals surface area contributed by atoms with Crippen molar-refractivity contribution in [2.24, 2.45) is 0 Å². The fourth-order valence-corrected chi connectivity index (χ4v) is 3.36. The number of carbonyl (C=O) groups excluding carboxylic acids is 1. The molecular weight excluding hydrogens is 354 g/mol. The van der Waals surface area contributed by atoms with E-state index in [4.69, 9.17) is 21.7 Å². The summed E-state index contributed by atoms with van der Waals surface area (Å²) < 4.78 is 11.8. The predicted octanol–water partition coefficient (Wildman–Crippen LogP) is 4.07.